The molecule has 2 amide bonds. The van der Waals surface area contributed by atoms with Crippen LogP contribution in [0.5, 0.6) is 0 Å². The molecule has 0 aromatic rings. The van der Waals surface area contributed by atoms with Gasteiger partial charge in [-0.05, 0) is 18.3 Å². The van der Waals surface area contributed by atoms with Crippen molar-refractivity contribution in [1.82, 2.24) is 10.2 Å². The van der Waals surface area contributed by atoms with Crippen LogP contribution < -0.4 is 5.32 Å². The first kappa shape index (κ1) is 18.5. The van der Waals surface area contributed by atoms with Crippen molar-refractivity contribution >= 4 is 11.8 Å². The number of alkyl halides is 3. The van der Waals surface area contributed by atoms with E-state index in [0.717, 1.165) is 11.3 Å². The highest BCUT2D eigenvalue weighted by atomic mass is 19.4. The molecule has 0 bridgehead atoms. The highest BCUT2D eigenvalue weighted by Gasteiger charge is 2.37. The minimum atomic E-state index is -4.44. The standard InChI is InChI=1S/C15H23F3N2O2/c1-4-7-14(2,3)9-19-13(22)11-5-6-12(21)20(8-11)10-15(16,17)18/h4,11H,1,5-10H2,2-3H3,(H,19,22). The van der Waals surface area contributed by atoms with E-state index < -0.39 is 24.5 Å². The van der Waals surface area contributed by atoms with Gasteiger partial charge in [0.15, 0.2) is 0 Å². The summed E-state index contributed by atoms with van der Waals surface area (Å²) in [5, 5.41) is 2.77. The molecular formula is C15H23F3N2O2. The summed E-state index contributed by atoms with van der Waals surface area (Å²) in [7, 11) is 0. The Balaban J connectivity index is 2.56. The zero-order valence-electron chi connectivity index (χ0n) is 13.0. The average Bonchev–Trinajstić information content (AvgIpc) is 2.37. The van der Waals surface area contributed by atoms with Crippen molar-refractivity contribution in [1.29, 1.82) is 0 Å². The predicted molar refractivity (Wildman–Crippen MR) is 77.0 cm³/mol. The van der Waals surface area contributed by atoms with E-state index in [9.17, 15) is 22.8 Å². The lowest BCUT2D eigenvalue weighted by molar-refractivity contribution is -0.166. The number of likely N-dealkylation sites (tertiary alicyclic amines) is 1. The molecule has 1 aliphatic heterocycles. The Hall–Kier alpha value is -1.53. The number of piperidine rings is 1. The average molecular weight is 320 g/mol. The highest BCUT2D eigenvalue weighted by molar-refractivity contribution is 5.83. The molecule has 1 N–H and O–H groups in total. The van der Waals surface area contributed by atoms with E-state index in [0.29, 0.717) is 13.0 Å². The van der Waals surface area contributed by atoms with Crippen LogP contribution in [0, 0.1) is 11.3 Å². The molecule has 0 saturated carbocycles. The molecule has 0 radical (unpaired) electrons. The van der Waals surface area contributed by atoms with Gasteiger partial charge < -0.3 is 10.2 Å². The van der Waals surface area contributed by atoms with Crippen LogP contribution >= 0.6 is 0 Å². The van der Waals surface area contributed by atoms with Crippen molar-refractivity contribution in [2.75, 3.05) is 19.6 Å². The molecular weight excluding hydrogens is 297 g/mol. The zero-order valence-corrected chi connectivity index (χ0v) is 13.0. The van der Waals surface area contributed by atoms with Gasteiger partial charge in [-0.2, -0.15) is 13.2 Å². The fraction of sp³-hybridized carbons (Fsp3) is 0.733. The Kier molecular flexibility index (Phi) is 6.02. The van der Waals surface area contributed by atoms with Gasteiger partial charge in [-0.15, -0.1) is 6.58 Å². The normalized spacial score (nSPS) is 20.0. The summed E-state index contributed by atoms with van der Waals surface area (Å²) in [6, 6.07) is 0. The molecule has 4 nitrogen and oxygen atoms in total. The van der Waals surface area contributed by atoms with Crippen molar-refractivity contribution in [3.8, 4) is 0 Å². The van der Waals surface area contributed by atoms with E-state index in [2.05, 4.69) is 11.9 Å². The first-order valence-electron chi connectivity index (χ1n) is 7.27. The van der Waals surface area contributed by atoms with Crippen molar-refractivity contribution in [2.45, 2.75) is 39.3 Å². The molecule has 1 saturated heterocycles. The Morgan fingerprint density at radius 3 is 2.64 bits per heavy atom. The minimum absolute atomic E-state index is 0.0236. The maximum atomic E-state index is 12.4. The van der Waals surface area contributed by atoms with Crippen molar-refractivity contribution in [3.63, 3.8) is 0 Å². The Labute approximate surface area is 128 Å². The summed E-state index contributed by atoms with van der Waals surface area (Å²) in [6.45, 7) is 6.54. The Morgan fingerprint density at radius 2 is 2.09 bits per heavy atom. The summed E-state index contributed by atoms with van der Waals surface area (Å²) in [5.41, 5.74) is -0.159. The summed E-state index contributed by atoms with van der Waals surface area (Å²) in [4.78, 5) is 24.4. The molecule has 126 valence electrons. The number of amides is 2. The van der Waals surface area contributed by atoms with Gasteiger partial charge in [0.2, 0.25) is 11.8 Å². The summed E-state index contributed by atoms with van der Waals surface area (Å²) >= 11 is 0. The van der Waals surface area contributed by atoms with Crippen LogP contribution in [-0.2, 0) is 9.59 Å². The number of nitrogens with zero attached hydrogens (tertiary/aromatic N) is 1. The van der Waals surface area contributed by atoms with Gasteiger partial charge in [0.1, 0.15) is 6.54 Å². The van der Waals surface area contributed by atoms with Gasteiger partial charge in [-0.3, -0.25) is 9.59 Å². The second-order valence-electron chi connectivity index (χ2n) is 6.50. The minimum Gasteiger partial charge on any atom is -0.355 e. The second-order valence-corrected chi connectivity index (χ2v) is 6.50. The fourth-order valence-electron chi connectivity index (χ4n) is 2.43. The van der Waals surface area contributed by atoms with E-state index in [1.165, 1.54) is 0 Å². The molecule has 1 heterocycles. The largest absolute Gasteiger partial charge is 0.406 e. The first-order valence-corrected chi connectivity index (χ1v) is 7.27. The zero-order chi connectivity index (χ0) is 17.0. The van der Waals surface area contributed by atoms with E-state index in [-0.39, 0.29) is 24.3 Å². The third kappa shape index (κ3) is 6.07. The summed E-state index contributed by atoms with van der Waals surface area (Å²) in [6.07, 6.45) is -1.70. The van der Waals surface area contributed by atoms with Crippen molar-refractivity contribution < 1.29 is 22.8 Å². The van der Waals surface area contributed by atoms with Crippen LogP contribution in [-0.4, -0.2) is 42.5 Å². The smallest absolute Gasteiger partial charge is 0.355 e. The monoisotopic (exact) mass is 320 g/mol. The highest BCUT2D eigenvalue weighted by Crippen LogP contribution is 2.24. The maximum absolute atomic E-state index is 12.4. The van der Waals surface area contributed by atoms with Crippen molar-refractivity contribution in [3.05, 3.63) is 12.7 Å². The van der Waals surface area contributed by atoms with E-state index >= 15 is 0 Å². The van der Waals surface area contributed by atoms with Crippen LogP contribution in [0.15, 0.2) is 12.7 Å². The molecule has 0 aromatic carbocycles. The second kappa shape index (κ2) is 7.15. The molecule has 0 aromatic heterocycles. The third-order valence-corrected chi connectivity index (χ3v) is 3.68. The number of hydrogen-bond donors (Lipinski definition) is 1. The van der Waals surface area contributed by atoms with Crippen molar-refractivity contribution in [2.24, 2.45) is 11.3 Å². The van der Waals surface area contributed by atoms with Crippen LogP contribution in [0.25, 0.3) is 0 Å². The lowest BCUT2D eigenvalue weighted by atomic mass is 9.89. The number of hydrogen-bond acceptors (Lipinski definition) is 2. The Morgan fingerprint density at radius 1 is 1.45 bits per heavy atom. The van der Waals surface area contributed by atoms with Crippen LogP contribution in [0.2, 0.25) is 0 Å². The molecule has 1 aliphatic rings. The molecule has 1 fully saturated rings. The summed E-state index contributed by atoms with van der Waals surface area (Å²) in [5.74, 6) is -1.43. The van der Waals surface area contributed by atoms with Gasteiger partial charge >= 0.3 is 6.18 Å². The number of nitrogens with one attached hydrogen (secondary N) is 1. The molecule has 1 rings (SSSR count). The lowest BCUT2D eigenvalue weighted by Crippen LogP contribution is -2.49. The Bertz CT molecular complexity index is 433. The van der Waals surface area contributed by atoms with Crippen LogP contribution in [0.1, 0.15) is 33.1 Å². The van der Waals surface area contributed by atoms with E-state index in [1.54, 1.807) is 6.08 Å². The van der Waals surface area contributed by atoms with Gasteiger partial charge in [-0.25, -0.2) is 0 Å². The first-order chi connectivity index (χ1) is 10.0. The SMILES string of the molecule is C=CCC(C)(C)CNC(=O)C1CCC(=O)N(CC(F)(F)F)C1. The van der Waals surface area contributed by atoms with E-state index in [4.69, 9.17) is 0 Å². The van der Waals surface area contributed by atoms with E-state index in [1.807, 2.05) is 13.8 Å². The molecule has 1 unspecified atom stereocenters. The third-order valence-electron chi connectivity index (χ3n) is 3.68. The predicted octanol–water partition coefficient (Wildman–Crippen LogP) is 2.51. The summed E-state index contributed by atoms with van der Waals surface area (Å²) < 4.78 is 37.3. The van der Waals surface area contributed by atoms with Crippen LogP contribution in [0.4, 0.5) is 13.2 Å². The maximum Gasteiger partial charge on any atom is 0.406 e. The topological polar surface area (TPSA) is 49.4 Å². The number of carbonyl (C=O) groups is 2. The van der Waals surface area contributed by atoms with Gasteiger partial charge in [0.25, 0.3) is 0 Å². The fourth-order valence-corrected chi connectivity index (χ4v) is 2.43. The quantitative estimate of drug-likeness (QED) is 0.765. The van der Waals surface area contributed by atoms with Gasteiger partial charge in [-0.1, -0.05) is 19.9 Å². The molecule has 7 heteroatoms. The van der Waals surface area contributed by atoms with Gasteiger partial charge in [0.05, 0.1) is 5.92 Å². The van der Waals surface area contributed by atoms with Gasteiger partial charge in [0, 0.05) is 19.5 Å². The number of carbonyl (C=O) groups excluding carboxylic acids is 2. The number of allylic oxidation sites excluding steroid dienone is 1. The van der Waals surface area contributed by atoms with Crippen LogP contribution in [0.3, 0.4) is 0 Å². The molecule has 0 aliphatic carbocycles. The number of halogens is 3. The molecule has 0 spiro atoms. The lowest BCUT2D eigenvalue weighted by Gasteiger charge is -2.33. The number of rotatable bonds is 6. The molecule has 1 atom stereocenters. The molecule has 22 heavy (non-hydrogen) atoms.